The van der Waals surface area contributed by atoms with E-state index in [1.54, 1.807) is 6.20 Å². The van der Waals surface area contributed by atoms with Crippen molar-refractivity contribution in [3.63, 3.8) is 0 Å². The van der Waals surface area contributed by atoms with Crippen LogP contribution < -0.4 is 10.6 Å². The van der Waals surface area contributed by atoms with Gasteiger partial charge in [0.1, 0.15) is 11.6 Å². The summed E-state index contributed by atoms with van der Waals surface area (Å²) in [7, 11) is 1.88. The van der Waals surface area contributed by atoms with Crippen molar-refractivity contribution < 1.29 is 0 Å². The van der Waals surface area contributed by atoms with Gasteiger partial charge in [-0.2, -0.15) is 0 Å². The van der Waals surface area contributed by atoms with E-state index in [4.69, 9.17) is 0 Å². The van der Waals surface area contributed by atoms with Gasteiger partial charge in [-0.05, 0) is 18.7 Å². The topological polar surface area (TPSA) is 49.8 Å². The van der Waals surface area contributed by atoms with Crippen molar-refractivity contribution in [1.29, 1.82) is 0 Å². The summed E-state index contributed by atoms with van der Waals surface area (Å²) in [4.78, 5) is 8.56. The molecule has 0 bridgehead atoms. The number of rotatable bonds is 5. The molecule has 0 aliphatic carbocycles. The first-order valence-corrected chi connectivity index (χ1v) is 5.63. The van der Waals surface area contributed by atoms with Crippen LogP contribution >= 0.6 is 0 Å². The predicted octanol–water partition coefficient (Wildman–Crippen LogP) is 1.81. The number of benzene rings is 1. The molecule has 2 rings (SSSR count). The molecule has 0 fully saturated rings. The van der Waals surface area contributed by atoms with Gasteiger partial charge < -0.3 is 10.6 Å². The zero-order valence-electron chi connectivity index (χ0n) is 9.85. The Morgan fingerprint density at radius 2 is 1.88 bits per heavy atom. The van der Waals surface area contributed by atoms with E-state index in [2.05, 4.69) is 32.7 Å². The Morgan fingerprint density at radius 3 is 2.65 bits per heavy atom. The van der Waals surface area contributed by atoms with Gasteiger partial charge in [0.05, 0.1) is 6.54 Å². The van der Waals surface area contributed by atoms with Crippen molar-refractivity contribution in [1.82, 2.24) is 15.3 Å². The maximum Gasteiger partial charge on any atom is 0.144 e. The largest absolute Gasteiger partial charge is 0.366 e. The number of aromatic nitrogens is 2. The molecular weight excluding hydrogens is 212 g/mol. The van der Waals surface area contributed by atoms with Crippen molar-refractivity contribution in [3.05, 3.63) is 54.0 Å². The summed E-state index contributed by atoms with van der Waals surface area (Å²) in [6.07, 6.45) is 1.77. The van der Waals surface area contributed by atoms with E-state index >= 15 is 0 Å². The average molecular weight is 228 g/mol. The molecule has 88 valence electrons. The first-order chi connectivity index (χ1) is 8.38. The van der Waals surface area contributed by atoms with Gasteiger partial charge >= 0.3 is 0 Å². The number of anilines is 1. The lowest BCUT2D eigenvalue weighted by Crippen LogP contribution is -2.10. The lowest BCUT2D eigenvalue weighted by molar-refractivity contribution is 0.758. The number of nitrogens with zero attached hydrogens (tertiary/aromatic N) is 2. The minimum Gasteiger partial charge on any atom is -0.366 e. The molecule has 0 unspecified atom stereocenters. The van der Waals surface area contributed by atoms with E-state index in [1.165, 1.54) is 5.56 Å². The van der Waals surface area contributed by atoms with Crippen LogP contribution in [0.1, 0.15) is 11.4 Å². The molecule has 0 spiro atoms. The Kier molecular flexibility index (Phi) is 4.05. The van der Waals surface area contributed by atoms with E-state index in [-0.39, 0.29) is 0 Å². The zero-order valence-corrected chi connectivity index (χ0v) is 9.85. The fourth-order valence-corrected chi connectivity index (χ4v) is 1.53. The first-order valence-electron chi connectivity index (χ1n) is 5.63. The number of nitrogens with one attached hydrogen (secondary N) is 2. The van der Waals surface area contributed by atoms with E-state index in [9.17, 15) is 0 Å². The van der Waals surface area contributed by atoms with Crippen molar-refractivity contribution in [2.45, 2.75) is 13.1 Å². The number of hydrogen-bond donors (Lipinski definition) is 2. The summed E-state index contributed by atoms with van der Waals surface area (Å²) in [5.74, 6) is 1.65. The fourth-order valence-electron chi connectivity index (χ4n) is 1.53. The molecule has 4 heteroatoms. The van der Waals surface area contributed by atoms with Gasteiger partial charge in [0, 0.05) is 12.7 Å². The van der Waals surface area contributed by atoms with Crippen molar-refractivity contribution in [2.75, 3.05) is 12.4 Å². The Morgan fingerprint density at radius 1 is 1.06 bits per heavy atom. The summed E-state index contributed by atoms with van der Waals surface area (Å²) in [6, 6.07) is 12.1. The van der Waals surface area contributed by atoms with Crippen LogP contribution in [0.15, 0.2) is 42.6 Å². The molecule has 4 nitrogen and oxygen atoms in total. The van der Waals surface area contributed by atoms with Gasteiger partial charge in [-0.1, -0.05) is 30.3 Å². The average Bonchev–Trinajstić information content (AvgIpc) is 2.39. The Balaban J connectivity index is 1.97. The second kappa shape index (κ2) is 5.96. The molecule has 0 radical (unpaired) electrons. The lowest BCUT2D eigenvalue weighted by atomic mass is 10.2. The van der Waals surface area contributed by atoms with Crippen LogP contribution in [0.25, 0.3) is 0 Å². The van der Waals surface area contributed by atoms with Crippen molar-refractivity contribution >= 4 is 5.82 Å². The summed E-state index contributed by atoms with van der Waals surface area (Å²) >= 11 is 0. The third-order valence-electron chi connectivity index (χ3n) is 2.36. The van der Waals surface area contributed by atoms with Crippen LogP contribution in [-0.2, 0) is 13.1 Å². The highest BCUT2D eigenvalue weighted by molar-refractivity contribution is 5.34. The molecule has 17 heavy (non-hydrogen) atoms. The maximum absolute atomic E-state index is 4.39. The van der Waals surface area contributed by atoms with E-state index < -0.39 is 0 Å². The third-order valence-corrected chi connectivity index (χ3v) is 2.36. The second-order valence-electron chi connectivity index (χ2n) is 3.73. The molecule has 2 N–H and O–H groups in total. The van der Waals surface area contributed by atoms with Crippen LogP contribution in [0, 0.1) is 0 Å². The lowest BCUT2D eigenvalue weighted by Gasteiger charge is -2.06. The molecule has 0 saturated heterocycles. The predicted molar refractivity (Wildman–Crippen MR) is 68.6 cm³/mol. The molecule has 0 atom stereocenters. The first kappa shape index (κ1) is 11.5. The van der Waals surface area contributed by atoms with Crippen LogP contribution in [0.2, 0.25) is 0 Å². The Bertz CT molecular complexity index is 456. The van der Waals surface area contributed by atoms with Gasteiger partial charge in [-0.15, -0.1) is 0 Å². The molecule has 1 heterocycles. The molecule has 0 saturated carbocycles. The Labute approximate surface area is 101 Å². The van der Waals surface area contributed by atoms with Gasteiger partial charge in [0.15, 0.2) is 0 Å². The molecule has 1 aromatic carbocycles. The molecule has 1 aromatic heterocycles. The fraction of sp³-hybridized carbons (Fsp3) is 0.231. The van der Waals surface area contributed by atoms with E-state index in [0.29, 0.717) is 6.54 Å². The standard InChI is InChI=1S/C13H16N4/c1-14-10-13-15-8-7-12(17-13)16-9-11-5-3-2-4-6-11/h2-8,14H,9-10H2,1H3,(H,15,16,17). The zero-order chi connectivity index (χ0) is 11.9. The summed E-state index contributed by atoms with van der Waals surface area (Å²) < 4.78 is 0. The highest BCUT2D eigenvalue weighted by Gasteiger charge is 1.98. The quantitative estimate of drug-likeness (QED) is 0.819. The van der Waals surface area contributed by atoms with Crippen molar-refractivity contribution in [2.24, 2.45) is 0 Å². The molecular formula is C13H16N4. The summed E-state index contributed by atoms with van der Waals surface area (Å²) in [5, 5.41) is 6.31. The summed E-state index contributed by atoms with van der Waals surface area (Å²) in [6.45, 7) is 1.46. The number of hydrogen-bond acceptors (Lipinski definition) is 4. The SMILES string of the molecule is CNCc1nccc(NCc2ccccc2)n1. The van der Waals surface area contributed by atoms with E-state index in [0.717, 1.165) is 18.2 Å². The molecule has 0 aliphatic heterocycles. The monoisotopic (exact) mass is 228 g/mol. The van der Waals surface area contributed by atoms with Gasteiger partial charge in [0.25, 0.3) is 0 Å². The van der Waals surface area contributed by atoms with Crippen molar-refractivity contribution in [3.8, 4) is 0 Å². The molecule has 0 aliphatic rings. The second-order valence-corrected chi connectivity index (χ2v) is 3.73. The van der Waals surface area contributed by atoms with Gasteiger partial charge in [-0.3, -0.25) is 0 Å². The summed E-state index contributed by atoms with van der Waals surface area (Å²) in [5.41, 5.74) is 1.24. The highest BCUT2D eigenvalue weighted by atomic mass is 15.0. The Hall–Kier alpha value is -1.94. The smallest absolute Gasteiger partial charge is 0.144 e. The van der Waals surface area contributed by atoms with Gasteiger partial charge in [-0.25, -0.2) is 9.97 Å². The molecule has 2 aromatic rings. The van der Waals surface area contributed by atoms with Crippen LogP contribution in [0.4, 0.5) is 5.82 Å². The maximum atomic E-state index is 4.39. The van der Waals surface area contributed by atoms with Crippen LogP contribution in [0.5, 0.6) is 0 Å². The molecule has 0 amide bonds. The minimum absolute atomic E-state index is 0.681. The normalized spacial score (nSPS) is 10.2. The highest BCUT2D eigenvalue weighted by Crippen LogP contribution is 2.05. The van der Waals surface area contributed by atoms with Crippen LogP contribution in [0.3, 0.4) is 0 Å². The van der Waals surface area contributed by atoms with Gasteiger partial charge in [0.2, 0.25) is 0 Å². The minimum atomic E-state index is 0.681. The van der Waals surface area contributed by atoms with Crippen LogP contribution in [-0.4, -0.2) is 17.0 Å². The van der Waals surface area contributed by atoms with E-state index in [1.807, 2.05) is 31.3 Å². The third kappa shape index (κ3) is 3.53.